The summed E-state index contributed by atoms with van der Waals surface area (Å²) in [5.74, 6) is -0.881. The second kappa shape index (κ2) is 12.6. The van der Waals surface area contributed by atoms with Crippen molar-refractivity contribution in [1.29, 1.82) is 0 Å². The Morgan fingerprint density at radius 3 is 2.42 bits per heavy atom. The van der Waals surface area contributed by atoms with Crippen molar-refractivity contribution >= 4 is 22.6 Å². The van der Waals surface area contributed by atoms with Crippen LogP contribution in [0.5, 0.6) is 0 Å². The molecule has 3 atom stereocenters. The molecule has 0 saturated carbocycles. The van der Waals surface area contributed by atoms with Gasteiger partial charge >= 0.3 is 0 Å². The second-order valence-electron chi connectivity index (χ2n) is 11.3. The van der Waals surface area contributed by atoms with Crippen molar-refractivity contribution in [3.8, 4) is 0 Å². The van der Waals surface area contributed by atoms with E-state index >= 15 is 0 Å². The molecule has 2 heterocycles. The van der Waals surface area contributed by atoms with Crippen LogP contribution >= 0.6 is 0 Å². The van der Waals surface area contributed by atoms with Gasteiger partial charge in [0.15, 0.2) is 0 Å². The van der Waals surface area contributed by atoms with E-state index in [1.165, 1.54) is 12.1 Å². The Morgan fingerprint density at radius 1 is 0.907 bits per heavy atom. The molecule has 1 fully saturated rings. The first-order valence-corrected chi connectivity index (χ1v) is 14.5. The van der Waals surface area contributed by atoms with Crippen molar-refractivity contribution in [3.05, 3.63) is 138 Å². The Hall–Kier alpha value is -4.82. The third-order valence-electron chi connectivity index (χ3n) is 8.00. The third kappa shape index (κ3) is 6.81. The number of aromatic nitrogens is 2. The summed E-state index contributed by atoms with van der Waals surface area (Å²) in [6.07, 6.45) is 4.75. The number of nitrogens with one attached hydrogen (secondary N) is 1. The highest BCUT2D eigenvalue weighted by Gasteiger charge is 2.39. The molecule has 218 valence electrons. The lowest BCUT2D eigenvalue weighted by atomic mass is 9.96. The summed E-state index contributed by atoms with van der Waals surface area (Å²) in [6.45, 7) is 0.980. The van der Waals surface area contributed by atoms with Crippen molar-refractivity contribution < 1.29 is 14.0 Å². The molecule has 0 spiro atoms. The van der Waals surface area contributed by atoms with Gasteiger partial charge in [-0.2, -0.15) is 0 Å². The summed E-state index contributed by atoms with van der Waals surface area (Å²) in [5, 5.41) is 5.43. The van der Waals surface area contributed by atoms with Gasteiger partial charge in [0, 0.05) is 25.7 Å². The molecule has 1 aromatic heterocycles. The number of fused-ring (bicyclic) bond motifs is 1. The Bertz CT molecular complexity index is 1720. The minimum atomic E-state index is -0.879. The van der Waals surface area contributed by atoms with Crippen molar-refractivity contribution in [2.75, 3.05) is 6.54 Å². The molecule has 3 N–H and O–H groups in total. The van der Waals surface area contributed by atoms with Gasteiger partial charge in [-0.1, -0.05) is 84.9 Å². The highest BCUT2D eigenvalue weighted by atomic mass is 19.1. The van der Waals surface area contributed by atoms with E-state index < -0.39 is 12.1 Å². The Balaban J connectivity index is 1.21. The number of hydrogen-bond acceptors (Lipinski definition) is 4. The van der Waals surface area contributed by atoms with Gasteiger partial charge < -0.3 is 20.5 Å². The highest BCUT2D eigenvalue weighted by Crippen LogP contribution is 2.21. The van der Waals surface area contributed by atoms with Crippen LogP contribution in [0.3, 0.4) is 0 Å². The van der Waals surface area contributed by atoms with Gasteiger partial charge in [0.05, 0.1) is 24.1 Å². The Morgan fingerprint density at radius 2 is 1.63 bits per heavy atom. The number of rotatable bonds is 9. The highest BCUT2D eigenvalue weighted by molar-refractivity contribution is 5.91. The van der Waals surface area contributed by atoms with E-state index in [0.717, 1.165) is 27.5 Å². The smallest absolute Gasteiger partial charge is 0.243 e. The molecule has 2 amide bonds. The number of imidazole rings is 1. The van der Waals surface area contributed by atoms with E-state index in [-0.39, 0.29) is 36.5 Å². The average Bonchev–Trinajstić information content (AvgIpc) is 3.46. The maximum Gasteiger partial charge on any atom is 0.243 e. The summed E-state index contributed by atoms with van der Waals surface area (Å²) in [6, 6.07) is 28.5. The summed E-state index contributed by atoms with van der Waals surface area (Å²) in [7, 11) is 0. The fraction of sp³-hybridized carbons (Fsp3) is 0.229. The topological polar surface area (TPSA) is 93.3 Å². The van der Waals surface area contributed by atoms with Crippen LogP contribution < -0.4 is 11.1 Å². The molecule has 0 bridgehead atoms. The Kier molecular flexibility index (Phi) is 8.29. The first kappa shape index (κ1) is 28.3. The van der Waals surface area contributed by atoms with Gasteiger partial charge in [-0.25, -0.2) is 9.37 Å². The van der Waals surface area contributed by atoms with Crippen molar-refractivity contribution in [2.24, 2.45) is 5.73 Å². The van der Waals surface area contributed by atoms with Crippen LogP contribution in [-0.4, -0.2) is 50.9 Å². The third-order valence-corrected chi connectivity index (χ3v) is 8.00. The lowest BCUT2D eigenvalue weighted by Gasteiger charge is -2.40. The van der Waals surface area contributed by atoms with E-state index in [1.54, 1.807) is 23.4 Å². The number of hydrogen-bond donors (Lipinski definition) is 2. The van der Waals surface area contributed by atoms with Gasteiger partial charge in [-0.15, -0.1) is 0 Å². The monoisotopic (exact) mass is 575 g/mol. The molecule has 7 nitrogen and oxygen atoms in total. The summed E-state index contributed by atoms with van der Waals surface area (Å²) in [4.78, 5) is 33.6. The lowest BCUT2D eigenvalue weighted by molar-refractivity contribution is -0.145. The van der Waals surface area contributed by atoms with Gasteiger partial charge in [0.2, 0.25) is 11.8 Å². The molecule has 6 rings (SSSR count). The van der Waals surface area contributed by atoms with E-state index in [1.807, 2.05) is 53.2 Å². The number of piperazine rings is 1. The minimum Gasteiger partial charge on any atom is -0.349 e. The molecular formula is C35H34FN5O2. The molecule has 1 aliphatic rings. The van der Waals surface area contributed by atoms with Crippen molar-refractivity contribution in [3.63, 3.8) is 0 Å². The van der Waals surface area contributed by atoms with Crippen LogP contribution in [0.2, 0.25) is 0 Å². The standard InChI is InChI=1S/C35H34FN5O2/c36-29-14-11-24(12-15-29)18-32(37)35(43)41-22-31(17-26-10-13-27-8-4-5-9-28(27)16-26)39-34(42)33(41)19-30-21-40(23-38-30)20-25-6-2-1-3-7-25/h1-16,21,23,31-33H,17-20,22,37H2,(H,39,42). The van der Waals surface area contributed by atoms with E-state index in [9.17, 15) is 14.0 Å². The second-order valence-corrected chi connectivity index (χ2v) is 11.3. The van der Waals surface area contributed by atoms with E-state index in [2.05, 4.69) is 40.6 Å². The first-order chi connectivity index (χ1) is 20.9. The summed E-state index contributed by atoms with van der Waals surface area (Å²) >= 11 is 0. The maximum absolute atomic E-state index is 13.9. The first-order valence-electron chi connectivity index (χ1n) is 14.5. The van der Waals surface area contributed by atoms with Gasteiger partial charge in [-0.05, 0) is 52.4 Å². The number of nitrogens with two attached hydrogens (primary N) is 1. The fourth-order valence-corrected chi connectivity index (χ4v) is 5.83. The predicted octanol–water partition coefficient (Wildman–Crippen LogP) is 4.27. The van der Waals surface area contributed by atoms with Crippen LogP contribution in [0.1, 0.15) is 22.4 Å². The molecule has 5 aromatic rings. The molecule has 1 aliphatic heterocycles. The predicted molar refractivity (Wildman–Crippen MR) is 165 cm³/mol. The van der Waals surface area contributed by atoms with Gasteiger partial charge in [0.1, 0.15) is 11.9 Å². The average molecular weight is 576 g/mol. The molecule has 0 radical (unpaired) electrons. The molecule has 4 aromatic carbocycles. The molecule has 43 heavy (non-hydrogen) atoms. The van der Waals surface area contributed by atoms with Crippen molar-refractivity contribution in [1.82, 2.24) is 19.8 Å². The SMILES string of the molecule is NC(Cc1ccc(F)cc1)C(=O)N1CC(Cc2ccc3ccccc3c2)NC(=O)C1Cc1cn(Cc2ccccc2)cn1. The molecule has 3 unspecified atom stereocenters. The zero-order valence-electron chi connectivity index (χ0n) is 23.8. The number of benzene rings is 4. The Labute approximate surface area is 250 Å². The fourth-order valence-electron chi connectivity index (χ4n) is 5.83. The van der Waals surface area contributed by atoms with E-state index in [0.29, 0.717) is 25.2 Å². The molecular weight excluding hydrogens is 541 g/mol. The van der Waals surface area contributed by atoms with Crippen LogP contribution in [0.25, 0.3) is 10.8 Å². The molecule has 0 aliphatic carbocycles. The number of amides is 2. The summed E-state index contributed by atoms with van der Waals surface area (Å²) < 4.78 is 15.4. The quantitative estimate of drug-likeness (QED) is 0.275. The maximum atomic E-state index is 13.9. The van der Waals surface area contributed by atoms with Crippen LogP contribution in [0.15, 0.2) is 110 Å². The number of carbonyl (C=O) groups excluding carboxylic acids is 2. The zero-order chi connectivity index (χ0) is 29.8. The zero-order valence-corrected chi connectivity index (χ0v) is 23.8. The largest absolute Gasteiger partial charge is 0.349 e. The minimum absolute atomic E-state index is 0.225. The normalized spacial score (nSPS) is 17.5. The molecule has 8 heteroatoms. The number of carbonyl (C=O) groups is 2. The van der Waals surface area contributed by atoms with Crippen LogP contribution in [0, 0.1) is 5.82 Å². The number of nitrogens with zero attached hydrogens (tertiary/aromatic N) is 3. The van der Waals surface area contributed by atoms with Crippen LogP contribution in [-0.2, 0) is 35.4 Å². The van der Waals surface area contributed by atoms with E-state index in [4.69, 9.17) is 5.73 Å². The summed E-state index contributed by atoms with van der Waals surface area (Å²) in [5.41, 5.74) is 10.1. The molecule has 1 saturated heterocycles. The van der Waals surface area contributed by atoms with Crippen LogP contribution in [0.4, 0.5) is 4.39 Å². The number of halogens is 1. The van der Waals surface area contributed by atoms with Gasteiger partial charge in [0.25, 0.3) is 0 Å². The lowest BCUT2D eigenvalue weighted by Crippen LogP contribution is -2.65. The van der Waals surface area contributed by atoms with Crippen molar-refractivity contribution in [2.45, 2.75) is 43.9 Å². The van der Waals surface area contributed by atoms with Gasteiger partial charge in [-0.3, -0.25) is 9.59 Å².